The topological polar surface area (TPSA) is 60.9 Å². The van der Waals surface area contributed by atoms with Crippen molar-refractivity contribution in [2.24, 2.45) is 0 Å². The summed E-state index contributed by atoms with van der Waals surface area (Å²) >= 11 is 0. The summed E-state index contributed by atoms with van der Waals surface area (Å²) in [5, 5.41) is 8.75. The van der Waals surface area contributed by atoms with Gasteiger partial charge in [0.2, 0.25) is 5.91 Å². The summed E-state index contributed by atoms with van der Waals surface area (Å²) in [7, 11) is 0. The molecule has 98 valence electrons. The average molecular weight is 242 g/mol. The molecule has 1 amide bonds. The molecule has 0 radical (unpaired) electrons. The predicted molar refractivity (Wildman–Crippen MR) is 64.8 cm³/mol. The summed E-state index contributed by atoms with van der Waals surface area (Å²) in [4.78, 5) is 26.4. The predicted octanol–water partition coefficient (Wildman–Crippen LogP) is 0.794. The van der Waals surface area contributed by atoms with Crippen LogP contribution in [0.15, 0.2) is 0 Å². The number of hydrogen-bond acceptors (Lipinski definition) is 3. The van der Waals surface area contributed by atoms with Gasteiger partial charge in [0.05, 0.1) is 13.0 Å². The van der Waals surface area contributed by atoms with E-state index in [9.17, 15) is 9.59 Å². The van der Waals surface area contributed by atoms with Crippen LogP contribution in [0.4, 0.5) is 0 Å². The van der Waals surface area contributed by atoms with Crippen LogP contribution in [-0.4, -0.2) is 59.0 Å². The van der Waals surface area contributed by atoms with Crippen molar-refractivity contribution >= 4 is 11.9 Å². The van der Waals surface area contributed by atoms with E-state index in [1.165, 1.54) is 0 Å². The summed E-state index contributed by atoms with van der Waals surface area (Å²) < 4.78 is 0. The van der Waals surface area contributed by atoms with Crippen molar-refractivity contribution in [3.05, 3.63) is 0 Å². The van der Waals surface area contributed by atoms with Gasteiger partial charge in [0.1, 0.15) is 0 Å². The highest BCUT2D eigenvalue weighted by atomic mass is 16.4. The van der Waals surface area contributed by atoms with Gasteiger partial charge >= 0.3 is 5.97 Å². The van der Waals surface area contributed by atoms with E-state index in [2.05, 4.69) is 0 Å². The number of hydrogen-bond donors (Lipinski definition) is 1. The van der Waals surface area contributed by atoms with Crippen molar-refractivity contribution in [1.82, 2.24) is 9.80 Å². The first-order valence-electron chi connectivity index (χ1n) is 6.28. The maximum absolute atomic E-state index is 11.9. The Labute approximate surface area is 102 Å². The molecule has 5 nitrogen and oxygen atoms in total. The van der Waals surface area contributed by atoms with E-state index < -0.39 is 5.97 Å². The van der Waals surface area contributed by atoms with Gasteiger partial charge in [0.15, 0.2) is 0 Å². The number of aliphatic carboxylic acids is 1. The Morgan fingerprint density at radius 2 is 1.94 bits per heavy atom. The lowest BCUT2D eigenvalue weighted by Gasteiger charge is -2.28. The van der Waals surface area contributed by atoms with Crippen molar-refractivity contribution in [1.29, 1.82) is 0 Å². The number of likely N-dealkylation sites (N-methyl/N-ethyl adjacent to an activating group) is 1. The SMILES string of the molecule is CCN(CC(=O)N1CCCC1)C(C)CC(=O)O. The van der Waals surface area contributed by atoms with Crippen LogP contribution in [0.5, 0.6) is 0 Å². The average Bonchev–Trinajstić information content (AvgIpc) is 2.77. The van der Waals surface area contributed by atoms with Crippen LogP contribution in [0.25, 0.3) is 0 Å². The van der Waals surface area contributed by atoms with Crippen LogP contribution in [0.3, 0.4) is 0 Å². The standard InChI is InChI=1S/C12H22N2O3/c1-3-13(10(2)8-12(16)17)9-11(15)14-6-4-5-7-14/h10H,3-9H2,1-2H3,(H,16,17). The third-order valence-electron chi connectivity index (χ3n) is 3.30. The largest absolute Gasteiger partial charge is 0.481 e. The monoisotopic (exact) mass is 242 g/mol. The zero-order chi connectivity index (χ0) is 12.8. The quantitative estimate of drug-likeness (QED) is 0.748. The van der Waals surface area contributed by atoms with E-state index in [-0.39, 0.29) is 18.4 Å². The molecule has 0 spiro atoms. The molecule has 0 bridgehead atoms. The third kappa shape index (κ3) is 4.34. The van der Waals surface area contributed by atoms with E-state index >= 15 is 0 Å². The van der Waals surface area contributed by atoms with E-state index in [1.54, 1.807) is 0 Å². The van der Waals surface area contributed by atoms with E-state index in [1.807, 2.05) is 23.6 Å². The minimum atomic E-state index is -0.815. The molecule has 17 heavy (non-hydrogen) atoms. The molecule has 1 heterocycles. The van der Waals surface area contributed by atoms with Crippen LogP contribution in [0.2, 0.25) is 0 Å². The second-order valence-electron chi connectivity index (χ2n) is 4.60. The second kappa shape index (κ2) is 6.59. The summed E-state index contributed by atoms with van der Waals surface area (Å²) in [6.07, 6.45) is 2.26. The molecule has 1 fully saturated rings. The maximum atomic E-state index is 11.9. The lowest BCUT2D eigenvalue weighted by Crippen LogP contribution is -2.43. The molecular weight excluding hydrogens is 220 g/mol. The molecule has 1 unspecified atom stereocenters. The first-order valence-corrected chi connectivity index (χ1v) is 6.28. The maximum Gasteiger partial charge on any atom is 0.304 e. The zero-order valence-corrected chi connectivity index (χ0v) is 10.7. The van der Waals surface area contributed by atoms with Crippen LogP contribution >= 0.6 is 0 Å². The molecule has 1 aliphatic heterocycles. The summed E-state index contributed by atoms with van der Waals surface area (Å²) in [6.45, 7) is 6.55. The van der Waals surface area contributed by atoms with Gasteiger partial charge in [-0.15, -0.1) is 0 Å². The number of likely N-dealkylation sites (tertiary alicyclic amines) is 1. The van der Waals surface area contributed by atoms with Gasteiger partial charge in [-0.3, -0.25) is 14.5 Å². The Kier molecular flexibility index (Phi) is 5.41. The summed E-state index contributed by atoms with van der Waals surface area (Å²) in [6, 6.07) is -0.0935. The van der Waals surface area contributed by atoms with Crippen LogP contribution < -0.4 is 0 Å². The number of carboxylic acid groups (broad SMARTS) is 1. The fraction of sp³-hybridized carbons (Fsp3) is 0.833. The Morgan fingerprint density at radius 3 is 2.41 bits per heavy atom. The zero-order valence-electron chi connectivity index (χ0n) is 10.7. The molecule has 0 aliphatic carbocycles. The van der Waals surface area contributed by atoms with E-state index in [4.69, 9.17) is 5.11 Å². The fourth-order valence-electron chi connectivity index (χ4n) is 2.20. The Bertz CT molecular complexity index is 275. The first kappa shape index (κ1) is 14.0. The molecule has 1 saturated heterocycles. The minimum absolute atomic E-state index is 0.0844. The van der Waals surface area contributed by atoms with Crippen LogP contribution in [0, 0.1) is 0 Å². The number of carbonyl (C=O) groups is 2. The highest BCUT2D eigenvalue weighted by Gasteiger charge is 2.23. The summed E-state index contributed by atoms with van der Waals surface area (Å²) in [5.41, 5.74) is 0. The number of carbonyl (C=O) groups excluding carboxylic acids is 1. The van der Waals surface area contributed by atoms with E-state index in [0.29, 0.717) is 13.1 Å². The van der Waals surface area contributed by atoms with Crippen LogP contribution in [0.1, 0.15) is 33.1 Å². The molecule has 0 aromatic carbocycles. The van der Waals surface area contributed by atoms with Crippen LogP contribution in [-0.2, 0) is 9.59 Å². The highest BCUT2D eigenvalue weighted by Crippen LogP contribution is 2.10. The lowest BCUT2D eigenvalue weighted by atomic mass is 10.2. The van der Waals surface area contributed by atoms with E-state index in [0.717, 1.165) is 25.9 Å². The molecule has 1 atom stereocenters. The Hall–Kier alpha value is -1.10. The van der Waals surface area contributed by atoms with Gasteiger partial charge < -0.3 is 10.0 Å². The van der Waals surface area contributed by atoms with Crippen molar-refractivity contribution < 1.29 is 14.7 Å². The normalized spacial score (nSPS) is 17.5. The van der Waals surface area contributed by atoms with Gasteiger partial charge in [0, 0.05) is 19.1 Å². The van der Waals surface area contributed by atoms with Crippen molar-refractivity contribution in [3.8, 4) is 0 Å². The molecule has 0 aromatic rings. The van der Waals surface area contributed by atoms with Crippen molar-refractivity contribution in [2.75, 3.05) is 26.2 Å². The molecule has 1 aliphatic rings. The minimum Gasteiger partial charge on any atom is -0.481 e. The Morgan fingerprint density at radius 1 is 1.35 bits per heavy atom. The smallest absolute Gasteiger partial charge is 0.304 e. The molecule has 5 heteroatoms. The lowest BCUT2D eigenvalue weighted by molar-refractivity contribution is -0.139. The molecule has 0 aromatic heterocycles. The second-order valence-corrected chi connectivity index (χ2v) is 4.60. The van der Waals surface area contributed by atoms with Gasteiger partial charge in [-0.25, -0.2) is 0 Å². The third-order valence-corrected chi connectivity index (χ3v) is 3.30. The summed E-state index contributed by atoms with van der Waals surface area (Å²) in [5.74, 6) is -0.689. The molecular formula is C12H22N2O3. The highest BCUT2D eigenvalue weighted by molar-refractivity contribution is 5.78. The number of carboxylic acids is 1. The molecule has 1 N–H and O–H groups in total. The van der Waals surface area contributed by atoms with Gasteiger partial charge in [-0.2, -0.15) is 0 Å². The Balaban J connectivity index is 2.44. The molecule has 0 saturated carbocycles. The first-order chi connectivity index (χ1) is 8.04. The van der Waals surface area contributed by atoms with Gasteiger partial charge in [0.25, 0.3) is 0 Å². The van der Waals surface area contributed by atoms with Crippen molar-refractivity contribution in [2.45, 2.75) is 39.2 Å². The number of nitrogens with zero attached hydrogens (tertiary/aromatic N) is 2. The molecule has 1 rings (SSSR count). The van der Waals surface area contributed by atoms with Crippen molar-refractivity contribution in [3.63, 3.8) is 0 Å². The van der Waals surface area contributed by atoms with Gasteiger partial charge in [-0.05, 0) is 26.3 Å². The number of rotatable bonds is 6. The number of amides is 1. The fourth-order valence-corrected chi connectivity index (χ4v) is 2.20. The van der Waals surface area contributed by atoms with Gasteiger partial charge in [-0.1, -0.05) is 6.92 Å².